The third kappa shape index (κ3) is 18.4. The summed E-state index contributed by atoms with van der Waals surface area (Å²) in [6.07, 6.45) is 23.1. The lowest BCUT2D eigenvalue weighted by Gasteiger charge is -2.14. The van der Waals surface area contributed by atoms with Gasteiger partial charge in [0, 0.05) is 0 Å². The highest BCUT2D eigenvalue weighted by molar-refractivity contribution is 5.94. The summed E-state index contributed by atoms with van der Waals surface area (Å²) in [7, 11) is 0. The van der Waals surface area contributed by atoms with Gasteiger partial charge < -0.3 is 23.7 Å². The summed E-state index contributed by atoms with van der Waals surface area (Å²) in [4.78, 5) is 51.9. The first-order valence-corrected chi connectivity index (χ1v) is 25.8. The molecule has 0 fully saturated rings. The van der Waals surface area contributed by atoms with Crippen LogP contribution in [0.25, 0.3) is 11.1 Å². The number of carbonyl (C=O) groups is 4. The van der Waals surface area contributed by atoms with Gasteiger partial charge in [-0.25, -0.2) is 19.2 Å². The number of carbonyl (C=O) groups excluding carboxylic acids is 4. The molecule has 1 unspecified atom stereocenters. The SMILES string of the molecule is CCCCCCCCCCCCCCc1ccc(-c2ccc(C(=O)Oc3ccc(C(=O)Oc4cccc(C(=O)Oc5ccc(OC(=O)c6ccc(OC(C)CCCCCC)cc6)cc5)c4)cc3)cc2)cc1. The second-order valence-corrected chi connectivity index (χ2v) is 18.3. The van der Waals surface area contributed by atoms with Crippen LogP contribution in [0.1, 0.15) is 177 Å². The van der Waals surface area contributed by atoms with E-state index >= 15 is 0 Å². The molecule has 9 nitrogen and oxygen atoms in total. The number of hydrogen-bond donors (Lipinski definition) is 0. The topological polar surface area (TPSA) is 114 Å². The van der Waals surface area contributed by atoms with Crippen molar-refractivity contribution in [3.63, 3.8) is 0 Å². The Morgan fingerprint density at radius 3 is 1.21 bits per heavy atom. The minimum Gasteiger partial charge on any atom is -0.491 e. The zero-order valence-corrected chi connectivity index (χ0v) is 41.8. The third-order valence-corrected chi connectivity index (χ3v) is 12.4. The highest BCUT2D eigenvalue weighted by Crippen LogP contribution is 2.26. The summed E-state index contributed by atoms with van der Waals surface area (Å²) in [5.41, 5.74) is 4.58. The van der Waals surface area contributed by atoms with Gasteiger partial charge in [-0.05, 0) is 152 Å². The maximum Gasteiger partial charge on any atom is 0.343 e. The Labute approximate surface area is 420 Å². The van der Waals surface area contributed by atoms with Crippen molar-refractivity contribution in [1.82, 2.24) is 0 Å². The van der Waals surface area contributed by atoms with Gasteiger partial charge in [0.1, 0.15) is 28.7 Å². The highest BCUT2D eigenvalue weighted by atomic mass is 16.5. The van der Waals surface area contributed by atoms with Crippen LogP contribution in [0.5, 0.6) is 28.7 Å². The molecule has 0 aliphatic heterocycles. The summed E-state index contributed by atoms with van der Waals surface area (Å²) in [6.45, 7) is 6.51. The van der Waals surface area contributed by atoms with Crippen LogP contribution < -0.4 is 23.7 Å². The maximum absolute atomic E-state index is 13.1. The monoisotopic (exact) mass is 959 g/mol. The normalized spacial score (nSPS) is 11.4. The van der Waals surface area contributed by atoms with Crippen LogP contribution in [-0.4, -0.2) is 30.0 Å². The summed E-state index contributed by atoms with van der Waals surface area (Å²) >= 11 is 0. The van der Waals surface area contributed by atoms with Gasteiger partial charge in [-0.15, -0.1) is 0 Å². The Kier molecular flexibility index (Phi) is 22.0. The maximum atomic E-state index is 13.1. The van der Waals surface area contributed by atoms with E-state index < -0.39 is 23.9 Å². The average Bonchev–Trinajstić information content (AvgIpc) is 3.39. The van der Waals surface area contributed by atoms with Crippen LogP contribution in [0.2, 0.25) is 0 Å². The van der Waals surface area contributed by atoms with E-state index in [-0.39, 0.29) is 40.2 Å². The van der Waals surface area contributed by atoms with Crippen LogP contribution in [0.4, 0.5) is 0 Å². The smallest absolute Gasteiger partial charge is 0.343 e. The van der Waals surface area contributed by atoms with E-state index in [2.05, 4.69) is 38.1 Å². The summed E-state index contributed by atoms with van der Waals surface area (Å²) in [5.74, 6) is -0.809. The molecule has 0 amide bonds. The quantitative estimate of drug-likeness (QED) is 0.0257. The summed E-state index contributed by atoms with van der Waals surface area (Å²) in [5, 5.41) is 0. The van der Waals surface area contributed by atoms with E-state index in [1.807, 2.05) is 19.1 Å². The van der Waals surface area contributed by atoms with Crippen molar-refractivity contribution in [3.05, 3.63) is 173 Å². The second kappa shape index (κ2) is 29.2. The standard InChI is InChI=1S/C62H70O9/c1-4-6-8-10-11-12-13-14-15-16-17-19-22-47-25-27-48(28-26-47)49-29-31-50(32-30-49)59(63)68-55-39-35-52(36-40-55)61(65)71-58-24-20-23-53(45-58)62(66)70-57-43-41-56(42-44-57)69-60(64)51-33-37-54(38-34-51)67-46(3)21-18-9-7-5-2/h20,23-46H,4-19,21-22H2,1-3H3. The van der Waals surface area contributed by atoms with Crippen molar-refractivity contribution < 1.29 is 42.9 Å². The third-order valence-electron chi connectivity index (χ3n) is 12.4. The van der Waals surface area contributed by atoms with Crippen molar-refractivity contribution in [2.45, 2.75) is 142 Å². The van der Waals surface area contributed by atoms with Crippen molar-refractivity contribution in [2.24, 2.45) is 0 Å². The van der Waals surface area contributed by atoms with E-state index in [0.29, 0.717) is 16.9 Å². The van der Waals surface area contributed by atoms with Crippen molar-refractivity contribution in [2.75, 3.05) is 0 Å². The molecule has 0 bridgehead atoms. The Bertz CT molecular complexity index is 2550. The number of esters is 4. The van der Waals surface area contributed by atoms with E-state index in [4.69, 9.17) is 23.7 Å². The van der Waals surface area contributed by atoms with Crippen LogP contribution in [0.3, 0.4) is 0 Å². The molecule has 0 spiro atoms. The molecule has 6 aromatic carbocycles. The Hall–Kier alpha value is -7.00. The highest BCUT2D eigenvalue weighted by Gasteiger charge is 2.16. The van der Waals surface area contributed by atoms with Gasteiger partial charge in [0.05, 0.1) is 28.4 Å². The molecule has 0 radical (unpaired) electrons. The molecule has 6 aromatic rings. The summed E-state index contributed by atoms with van der Waals surface area (Å²) in [6, 6.07) is 41.0. The van der Waals surface area contributed by atoms with E-state index in [0.717, 1.165) is 30.4 Å². The Morgan fingerprint density at radius 2 is 0.732 bits per heavy atom. The van der Waals surface area contributed by atoms with Gasteiger partial charge in [-0.1, -0.05) is 146 Å². The zero-order valence-electron chi connectivity index (χ0n) is 41.8. The van der Waals surface area contributed by atoms with Crippen LogP contribution in [-0.2, 0) is 6.42 Å². The van der Waals surface area contributed by atoms with Crippen LogP contribution in [0, 0.1) is 0 Å². The molecule has 1 atom stereocenters. The van der Waals surface area contributed by atoms with Crippen molar-refractivity contribution >= 4 is 23.9 Å². The molecule has 9 heteroatoms. The van der Waals surface area contributed by atoms with Gasteiger partial charge in [0.15, 0.2) is 0 Å². The number of ether oxygens (including phenoxy) is 5. The molecule has 71 heavy (non-hydrogen) atoms. The van der Waals surface area contributed by atoms with E-state index in [1.165, 1.54) is 163 Å². The lowest BCUT2D eigenvalue weighted by molar-refractivity contribution is 0.0713. The fourth-order valence-electron chi connectivity index (χ4n) is 8.24. The van der Waals surface area contributed by atoms with Gasteiger partial charge >= 0.3 is 23.9 Å². The number of unbranched alkanes of at least 4 members (excludes halogenated alkanes) is 14. The minimum atomic E-state index is -0.680. The van der Waals surface area contributed by atoms with Gasteiger partial charge in [-0.3, -0.25) is 0 Å². The van der Waals surface area contributed by atoms with Gasteiger partial charge in [0.2, 0.25) is 0 Å². The Morgan fingerprint density at radius 1 is 0.366 bits per heavy atom. The fraction of sp³-hybridized carbons (Fsp3) is 0.355. The zero-order chi connectivity index (χ0) is 50.0. The number of benzene rings is 6. The molecule has 6 rings (SSSR count). The van der Waals surface area contributed by atoms with Crippen LogP contribution in [0.15, 0.2) is 146 Å². The first-order valence-electron chi connectivity index (χ1n) is 25.8. The summed E-state index contributed by atoms with van der Waals surface area (Å²) < 4.78 is 28.2. The van der Waals surface area contributed by atoms with Gasteiger partial charge in [0.25, 0.3) is 0 Å². The van der Waals surface area contributed by atoms with Crippen LogP contribution >= 0.6 is 0 Å². The van der Waals surface area contributed by atoms with Gasteiger partial charge in [-0.2, -0.15) is 0 Å². The largest absolute Gasteiger partial charge is 0.491 e. The predicted molar refractivity (Wildman–Crippen MR) is 281 cm³/mol. The fourth-order valence-corrected chi connectivity index (χ4v) is 8.24. The molecule has 0 saturated heterocycles. The molecule has 0 aromatic heterocycles. The molecule has 0 heterocycles. The molecule has 0 saturated carbocycles. The second-order valence-electron chi connectivity index (χ2n) is 18.3. The lowest BCUT2D eigenvalue weighted by Crippen LogP contribution is -2.12. The number of hydrogen-bond acceptors (Lipinski definition) is 9. The van der Waals surface area contributed by atoms with E-state index in [9.17, 15) is 19.2 Å². The number of aryl methyl sites for hydroxylation is 1. The number of rotatable bonds is 29. The Balaban J connectivity index is 0.892. The first-order chi connectivity index (χ1) is 34.7. The molecule has 0 aliphatic carbocycles. The van der Waals surface area contributed by atoms with Crippen molar-refractivity contribution in [3.8, 4) is 39.9 Å². The minimum absolute atomic E-state index is 0.0835. The molecular weight excluding hydrogens is 889 g/mol. The lowest BCUT2D eigenvalue weighted by atomic mass is 10.00. The predicted octanol–water partition coefficient (Wildman–Crippen LogP) is 16.2. The molecule has 0 N–H and O–H groups in total. The molecule has 372 valence electrons. The van der Waals surface area contributed by atoms with Crippen molar-refractivity contribution in [1.29, 1.82) is 0 Å². The first kappa shape index (κ1) is 53.4. The average molecular weight is 959 g/mol. The molecular formula is C62H70O9. The van der Waals surface area contributed by atoms with E-state index in [1.54, 1.807) is 48.5 Å². The molecule has 0 aliphatic rings.